The molecule has 0 aromatic heterocycles. The van der Waals surface area contributed by atoms with E-state index in [0.717, 1.165) is 22.8 Å². The molecule has 2 rings (SSSR count). The molecule has 4 heteroatoms. The van der Waals surface area contributed by atoms with Crippen molar-refractivity contribution in [3.63, 3.8) is 0 Å². The van der Waals surface area contributed by atoms with E-state index >= 15 is 0 Å². The first-order chi connectivity index (χ1) is 10.5. The monoisotopic (exact) mass is 337 g/mol. The van der Waals surface area contributed by atoms with Crippen LogP contribution >= 0.6 is 23.2 Å². The summed E-state index contributed by atoms with van der Waals surface area (Å²) in [6.07, 6.45) is 0.939. The molecular weight excluding hydrogens is 317 g/mol. The lowest BCUT2D eigenvalue weighted by Crippen LogP contribution is -2.15. The first kappa shape index (κ1) is 17.1. The van der Waals surface area contributed by atoms with Gasteiger partial charge >= 0.3 is 0 Å². The average Bonchev–Trinajstić information content (AvgIpc) is 2.48. The van der Waals surface area contributed by atoms with E-state index in [4.69, 9.17) is 33.7 Å². The van der Waals surface area contributed by atoms with Gasteiger partial charge in [0.25, 0.3) is 0 Å². The van der Waals surface area contributed by atoms with Crippen LogP contribution in [0.1, 0.15) is 30.9 Å². The van der Waals surface area contributed by atoms with Gasteiger partial charge in [-0.05, 0) is 62.2 Å². The highest BCUT2D eigenvalue weighted by atomic mass is 35.5. The predicted octanol–water partition coefficient (Wildman–Crippen LogP) is 5.07. The van der Waals surface area contributed by atoms with E-state index in [-0.39, 0.29) is 12.0 Å². The number of rotatable bonds is 6. The van der Waals surface area contributed by atoms with Crippen molar-refractivity contribution >= 4 is 23.2 Å². The molecule has 0 radical (unpaired) electrons. The lowest BCUT2D eigenvalue weighted by Gasteiger charge is -2.17. The SMILES string of the molecule is CC(C)Oc1ccc(CC(CN)c2ccc(Cl)cc2)cc1Cl. The van der Waals surface area contributed by atoms with Crippen LogP contribution in [-0.4, -0.2) is 12.6 Å². The summed E-state index contributed by atoms with van der Waals surface area (Å²) in [5.74, 6) is 0.960. The summed E-state index contributed by atoms with van der Waals surface area (Å²) in [5.41, 5.74) is 8.26. The highest BCUT2D eigenvalue weighted by Crippen LogP contribution is 2.29. The summed E-state index contributed by atoms with van der Waals surface area (Å²) in [4.78, 5) is 0. The fourth-order valence-corrected chi connectivity index (χ4v) is 2.75. The molecule has 0 fully saturated rings. The molecule has 22 heavy (non-hydrogen) atoms. The van der Waals surface area contributed by atoms with Gasteiger partial charge in [-0.1, -0.05) is 41.4 Å². The second kappa shape index (κ2) is 7.87. The summed E-state index contributed by atoms with van der Waals surface area (Å²) < 4.78 is 5.66. The number of hydrogen-bond donors (Lipinski definition) is 1. The Kier molecular flexibility index (Phi) is 6.13. The highest BCUT2D eigenvalue weighted by Gasteiger charge is 2.12. The number of nitrogens with two attached hydrogens (primary N) is 1. The summed E-state index contributed by atoms with van der Waals surface area (Å²) in [7, 11) is 0. The Morgan fingerprint density at radius 1 is 1.05 bits per heavy atom. The van der Waals surface area contributed by atoms with Gasteiger partial charge in [-0.15, -0.1) is 0 Å². The minimum atomic E-state index is 0.106. The zero-order chi connectivity index (χ0) is 16.1. The Hall–Kier alpha value is -1.22. The molecule has 2 N–H and O–H groups in total. The number of ether oxygens (including phenoxy) is 1. The van der Waals surface area contributed by atoms with Crippen molar-refractivity contribution in [1.29, 1.82) is 0 Å². The van der Waals surface area contributed by atoms with Crippen LogP contribution in [0.2, 0.25) is 10.0 Å². The molecule has 118 valence electrons. The van der Waals surface area contributed by atoms with E-state index in [2.05, 4.69) is 0 Å². The van der Waals surface area contributed by atoms with E-state index in [9.17, 15) is 0 Å². The zero-order valence-electron chi connectivity index (χ0n) is 12.9. The summed E-state index contributed by atoms with van der Waals surface area (Å²) in [6, 6.07) is 13.8. The van der Waals surface area contributed by atoms with E-state index in [1.807, 2.05) is 56.3 Å². The van der Waals surface area contributed by atoms with Gasteiger partial charge in [0, 0.05) is 10.9 Å². The maximum absolute atomic E-state index is 6.29. The Balaban J connectivity index is 2.14. The summed E-state index contributed by atoms with van der Waals surface area (Å²) in [6.45, 7) is 4.54. The van der Waals surface area contributed by atoms with Gasteiger partial charge in [0.1, 0.15) is 5.75 Å². The first-order valence-electron chi connectivity index (χ1n) is 7.40. The van der Waals surface area contributed by atoms with Crippen LogP contribution in [0, 0.1) is 0 Å². The van der Waals surface area contributed by atoms with Crippen molar-refractivity contribution in [3.8, 4) is 5.75 Å². The maximum Gasteiger partial charge on any atom is 0.138 e. The van der Waals surface area contributed by atoms with Crippen LogP contribution in [0.3, 0.4) is 0 Å². The molecule has 0 heterocycles. The fourth-order valence-electron chi connectivity index (χ4n) is 2.38. The van der Waals surface area contributed by atoms with Crippen LogP contribution < -0.4 is 10.5 Å². The molecule has 2 aromatic rings. The van der Waals surface area contributed by atoms with Gasteiger partial charge in [0.15, 0.2) is 0 Å². The molecule has 0 bridgehead atoms. The van der Waals surface area contributed by atoms with Gasteiger partial charge in [-0.2, -0.15) is 0 Å². The molecule has 0 saturated carbocycles. The molecule has 1 atom stereocenters. The topological polar surface area (TPSA) is 35.2 Å². The molecule has 1 unspecified atom stereocenters. The van der Waals surface area contributed by atoms with Crippen molar-refractivity contribution in [2.45, 2.75) is 32.3 Å². The van der Waals surface area contributed by atoms with Gasteiger partial charge in [-0.25, -0.2) is 0 Å². The Labute approximate surface area is 142 Å². The third kappa shape index (κ3) is 4.64. The third-order valence-electron chi connectivity index (χ3n) is 3.47. The molecule has 2 aromatic carbocycles. The lowest BCUT2D eigenvalue weighted by molar-refractivity contribution is 0.242. The lowest BCUT2D eigenvalue weighted by atomic mass is 9.92. The van der Waals surface area contributed by atoms with E-state index in [0.29, 0.717) is 11.6 Å². The van der Waals surface area contributed by atoms with Gasteiger partial charge < -0.3 is 10.5 Å². The molecule has 0 spiro atoms. The predicted molar refractivity (Wildman–Crippen MR) is 94.2 cm³/mol. The van der Waals surface area contributed by atoms with Crippen LogP contribution in [-0.2, 0) is 6.42 Å². The summed E-state index contributed by atoms with van der Waals surface area (Å²) >= 11 is 12.2. The summed E-state index contributed by atoms with van der Waals surface area (Å²) in [5, 5.41) is 1.37. The number of benzene rings is 2. The van der Waals surface area contributed by atoms with Crippen LogP contribution in [0.15, 0.2) is 42.5 Å². The van der Waals surface area contributed by atoms with Crippen molar-refractivity contribution < 1.29 is 4.74 Å². The second-order valence-corrected chi connectivity index (χ2v) is 6.46. The third-order valence-corrected chi connectivity index (χ3v) is 4.01. The van der Waals surface area contributed by atoms with Crippen molar-refractivity contribution in [1.82, 2.24) is 0 Å². The Morgan fingerprint density at radius 3 is 2.27 bits per heavy atom. The highest BCUT2D eigenvalue weighted by molar-refractivity contribution is 6.32. The number of hydrogen-bond acceptors (Lipinski definition) is 2. The molecule has 0 saturated heterocycles. The molecule has 0 aliphatic rings. The minimum Gasteiger partial charge on any atom is -0.489 e. The zero-order valence-corrected chi connectivity index (χ0v) is 14.4. The van der Waals surface area contributed by atoms with Gasteiger partial charge in [-0.3, -0.25) is 0 Å². The quantitative estimate of drug-likeness (QED) is 0.798. The van der Waals surface area contributed by atoms with E-state index < -0.39 is 0 Å². The maximum atomic E-state index is 6.29. The Morgan fingerprint density at radius 2 is 1.73 bits per heavy atom. The van der Waals surface area contributed by atoms with Crippen LogP contribution in [0.4, 0.5) is 0 Å². The van der Waals surface area contributed by atoms with Crippen LogP contribution in [0.5, 0.6) is 5.75 Å². The fraction of sp³-hybridized carbons (Fsp3) is 0.333. The Bertz CT molecular complexity index is 611. The van der Waals surface area contributed by atoms with Gasteiger partial charge in [0.2, 0.25) is 0 Å². The minimum absolute atomic E-state index is 0.106. The van der Waals surface area contributed by atoms with E-state index in [1.54, 1.807) is 0 Å². The van der Waals surface area contributed by atoms with Crippen LogP contribution in [0.25, 0.3) is 0 Å². The standard InChI is InChI=1S/C18H21Cl2NO/c1-12(2)22-18-8-3-13(10-17(18)20)9-15(11-21)14-4-6-16(19)7-5-14/h3-8,10,12,15H,9,11,21H2,1-2H3. The van der Waals surface area contributed by atoms with Crippen molar-refractivity contribution in [3.05, 3.63) is 63.6 Å². The molecule has 0 aliphatic heterocycles. The van der Waals surface area contributed by atoms with Gasteiger partial charge in [0.05, 0.1) is 11.1 Å². The van der Waals surface area contributed by atoms with E-state index in [1.165, 1.54) is 5.56 Å². The number of halogens is 2. The normalized spacial score (nSPS) is 12.5. The molecule has 0 amide bonds. The molecular formula is C18H21Cl2NO. The average molecular weight is 338 g/mol. The first-order valence-corrected chi connectivity index (χ1v) is 8.15. The largest absolute Gasteiger partial charge is 0.489 e. The van der Waals surface area contributed by atoms with Crippen molar-refractivity contribution in [2.75, 3.05) is 6.54 Å². The smallest absolute Gasteiger partial charge is 0.138 e. The van der Waals surface area contributed by atoms with Crippen molar-refractivity contribution in [2.24, 2.45) is 5.73 Å². The molecule has 2 nitrogen and oxygen atoms in total. The second-order valence-electron chi connectivity index (χ2n) is 5.62. The molecule has 0 aliphatic carbocycles.